The lowest BCUT2D eigenvalue weighted by molar-refractivity contribution is -0.138. The fourth-order valence-corrected chi connectivity index (χ4v) is 4.08. The minimum absolute atomic E-state index is 0.0412. The Morgan fingerprint density at radius 3 is 2.31 bits per heavy atom. The van der Waals surface area contributed by atoms with Crippen LogP contribution in [0.3, 0.4) is 0 Å². The Morgan fingerprint density at radius 1 is 0.846 bits per heavy atom. The zero-order valence-corrected chi connectivity index (χ0v) is 15.1. The van der Waals surface area contributed by atoms with Crippen molar-refractivity contribution < 1.29 is 9.59 Å². The normalized spacial score (nSPS) is 18.9. The van der Waals surface area contributed by atoms with Gasteiger partial charge in [-0.2, -0.15) is 0 Å². The van der Waals surface area contributed by atoms with Gasteiger partial charge >= 0.3 is 0 Å². The fraction of sp³-hybridized carbons (Fsp3) is 0.476. The SMILES string of the molecule is O=C(c1ccc2ccccc2n1)N1CCN(C(=O)C2CCCCC2)CC1. The van der Waals surface area contributed by atoms with Gasteiger partial charge in [0, 0.05) is 37.5 Å². The minimum Gasteiger partial charge on any atom is -0.339 e. The molecule has 2 fully saturated rings. The number of benzene rings is 1. The van der Waals surface area contributed by atoms with Crippen LogP contribution < -0.4 is 0 Å². The van der Waals surface area contributed by atoms with Crippen molar-refractivity contribution in [3.8, 4) is 0 Å². The van der Waals surface area contributed by atoms with Crippen LogP contribution in [-0.4, -0.2) is 52.8 Å². The molecule has 0 bridgehead atoms. The third kappa shape index (κ3) is 3.43. The summed E-state index contributed by atoms with van der Waals surface area (Å²) in [6.07, 6.45) is 5.65. The number of piperazine rings is 1. The van der Waals surface area contributed by atoms with E-state index in [1.807, 2.05) is 40.1 Å². The third-order valence-corrected chi connectivity index (χ3v) is 5.65. The van der Waals surface area contributed by atoms with E-state index < -0.39 is 0 Å². The highest BCUT2D eigenvalue weighted by Crippen LogP contribution is 2.26. The van der Waals surface area contributed by atoms with E-state index in [4.69, 9.17) is 0 Å². The number of carbonyl (C=O) groups excluding carboxylic acids is 2. The zero-order valence-electron chi connectivity index (χ0n) is 15.1. The molecule has 4 rings (SSSR count). The van der Waals surface area contributed by atoms with Crippen LogP contribution in [-0.2, 0) is 4.79 Å². The van der Waals surface area contributed by atoms with Crippen LogP contribution in [0.15, 0.2) is 36.4 Å². The van der Waals surface area contributed by atoms with Crippen molar-refractivity contribution in [1.82, 2.24) is 14.8 Å². The number of pyridine rings is 1. The van der Waals surface area contributed by atoms with Crippen molar-refractivity contribution in [2.24, 2.45) is 5.92 Å². The van der Waals surface area contributed by atoms with Crippen LogP contribution in [0, 0.1) is 5.92 Å². The Balaban J connectivity index is 1.39. The Labute approximate surface area is 154 Å². The summed E-state index contributed by atoms with van der Waals surface area (Å²) in [6.45, 7) is 2.45. The van der Waals surface area contributed by atoms with E-state index in [1.165, 1.54) is 19.3 Å². The van der Waals surface area contributed by atoms with E-state index >= 15 is 0 Å². The summed E-state index contributed by atoms with van der Waals surface area (Å²) >= 11 is 0. The number of amides is 2. The lowest BCUT2D eigenvalue weighted by atomic mass is 9.88. The van der Waals surface area contributed by atoms with E-state index in [9.17, 15) is 9.59 Å². The molecule has 5 heteroatoms. The number of para-hydroxylation sites is 1. The van der Waals surface area contributed by atoms with Gasteiger partial charge in [0.1, 0.15) is 5.69 Å². The van der Waals surface area contributed by atoms with Gasteiger partial charge in [-0.15, -0.1) is 0 Å². The number of fused-ring (bicyclic) bond motifs is 1. The third-order valence-electron chi connectivity index (χ3n) is 5.65. The molecule has 1 saturated heterocycles. The van der Waals surface area contributed by atoms with Crippen LogP contribution in [0.4, 0.5) is 0 Å². The Hall–Kier alpha value is -2.43. The van der Waals surface area contributed by atoms with Gasteiger partial charge in [-0.3, -0.25) is 9.59 Å². The second kappa shape index (κ2) is 7.44. The monoisotopic (exact) mass is 351 g/mol. The molecule has 136 valence electrons. The maximum atomic E-state index is 12.8. The van der Waals surface area contributed by atoms with Gasteiger partial charge in [0.05, 0.1) is 5.52 Å². The van der Waals surface area contributed by atoms with Crippen molar-refractivity contribution >= 4 is 22.7 Å². The molecule has 1 aliphatic heterocycles. The molecule has 2 heterocycles. The first-order valence-corrected chi connectivity index (χ1v) is 9.66. The second-order valence-electron chi connectivity index (χ2n) is 7.34. The number of aromatic nitrogens is 1. The van der Waals surface area contributed by atoms with E-state index in [2.05, 4.69) is 4.98 Å². The van der Waals surface area contributed by atoms with Gasteiger partial charge in [0.2, 0.25) is 5.91 Å². The highest BCUT2D eigenvalue weighted by molar-refractivity contribution is 5.95. The van der Waals surface area contributed by atoms with Crippen molar-refractivity contribution in [2.75, 3.05) is 26.2 Å². The highest BCUT2D eigenvalue weighted by atomic mass is 16.2. The zero-order chi connectivity index (χ0) is 17.9. The van der Waals surface area contributed by atoms with Gasteiger partial charge in [0.25, 0.3) is 5.91 Å². The summed E-state index contributed by atoms with van der Waals surface area (Å²) in [5.74, 6) is 0.453. The summed E-state index contributed by atoms with van der Waals surface area (Å²) in [5, 5.41) is 1.03. The van der Waals surface area contributed by atoms with E-state index in [0.717, 1.165) is 23.7 Å². The molecular formula is C21H25N3O2. The second-order valence-corrected chi connectivity index (χ2v) is 7.34. The predicted octanol–water partition coefficient (Wildman–Crippen LogP) is 3.10. The summed E-state index contributed by atoms with van der Waals surface area (Å²) in [6, 6.07) is 11.6. The number of carbonyl (C=O) groups is 2. The molecule has 2 aliphatic rings. The van der Waals surface area contributed by atoms with Gasteiger partial charge in [-0.05, 0) is 25.0 Å². The molecule has 1 aliphatic carbocycles. The first-order valence-electron chi connectivity index (χ1n) is 9.66. The lowest BCUT2D eigenvalue weighted by Crippen LogP contribution is -2.52. The highest BCUT2D eigenvalue weighted by Gasteiger charge is 2.30. The molecule has 0 spiro atoms. The van der Waals surface area contributed by atoms with Gasteiger partial charge in [0.15, 0.2) is 0 Å². The van der Waals surface area contributed by atoms with Crippen molar-refractivity contribution in [3.63, 3.8) is 0 Å². The smallest absolute Gasteiger partial charge is 0.272 e. The maximum Gasteiger partial charge on any atom is 0.272 e. The molecule has 26 heavy (non-hydrogen) atoms. The van der Waals surface area contributed by atoms with E-state index in [1.54, 1.807) is 6.07 Å². The van der Waals surface area contributed by atoms with E-state index in [0.29, 0.717) is 37.8 Å². The van der Waals surface area contributed by atoms with Crippen LogP contribution in [0.1, 0.15) is 42.6 Å². The lowest BCUT2D eigenvalue weighted by Gasteiger charge is -2.37. The summed E-state index contributed by atoms with van der Waals surface area (Å²) in [5.41, 5.74) is 1.32. The largest absolute Gasteiger partial charge is 0.339 e. The van der Waals surface area contributed by atoms with Gasteiger partial charge in [-0.25, -0.2) is 4.98 Å². The number of hydrogen-bond acceptors (Lipinski definition) is 3. The molecular weight excluding hydrogens is 326 g/mol. The van der Waals surface area contributed by atoms with Crippen LogP contribution >= 0.6 is 0 Å². The molecule has 1 aromatic heterocycles. The van der Waals surface area contributed by atoms with Crippen LogP contribution in [0.5, 0.6) is 0 Å². The molecule has 1 saturated carbocycles. The molecule has 2 aromatic rings. The number of rotatable bonds is 2. The molecule has 0 unspecified atom stereocenters. The fourth-order valence-electron chi connectivity index (χ4n) is 4.08. The molecule has 1 aromatic carbocycles. The standard InChI is InChI=1S/C21H25N3O2/c25-20(17-7-2-1-3-8-17)23-12-14-24(15-13-23)21(26)19-11-10-16-6-4-5-9-18(16)22-19/h4-6,9-11,17H,1-3,7-8,12-15H2. The average molecular weight is 351 g/mol. The summed E-state index contributed by atoms with van der Waals surface area (Å²) < 4.78 is 0. The summed E-state index contributed by atoms with van der Waals surface area (Å²) in [4.78, 5) is 33.7. The predicted molar refractivity (Wildman–Crippen MR) is 101 cm³/mol. The first-order chi connectivity index (χ1) is 12.7. The van der Waals surface area contributed by atoms with Crippen molar-refractivity contribution in [1.29, 1.82) is 0 Å². The molecule has 0 radical (unpaired) electrons. The van der Waals surface area contributed by atoms with Crippen molar-refractivity contribution in [3.05, 3.63) is 42.1 Å². The molecule has 2 amide bonds. The molecule has 0 N–H and O–H groups in total. The topological polar surface area (TPSA) is 53.5 Å². The van der Waals surface area contributed by atoms with Crippen LogP contribution in [0.2, 0.25) is 0 Å². The van der Waals surface area contributed by atoms with Gasteiger partial charge in [-0.1, -0.05) is 43.5 Å². The number of nitrogens with zero attached hydrogens (tertiary/aromatic N) is 3. The molecule has 5 nitrogen and oxygen atoms in total. The van der Waals surface area contributed by atoms with Crippen LogP contribution in [0.25, 0.3) is 10.9 Å². The first kappa shape index (κ1) is 17.0. The van der Waals surface area contributed by atoms with E-state index in [-0.39, 0.29) is 11.8 Å². The Bertz CT molecular complexity index is 806. The maximum absolute atomic E-state index is 12.8. The van der Waals surface area contributed by atoms with Crippen molar-refractivity contribution in [2.45, 2.75) is 32.1 Å². The van der Waals surface area contributed by atoms with Gasteiger partial charge < -0.3 is 9.80 Å². The average Bonchev–Trinajstić information content (AvgIpc) is 2.73. The summed E-state index contributed by atoms with van der Waals surface area (Å²) in [7, 11) is 0. The Kier molecular flexibility index (Phi) is 4.87. The minimum atomic E-state index is -0.0412. The number of hydrogen-bond donors (Lipinski definition) is 0. The quantitative estimate of drug-likeness (QED) is 0.835. The Morgan fingerprint density at radius 2 is 1.54 bits per heavy atom. The molecule has 0 atom stereocenters.